The van der Waals surface area contributed by atoms with Crippen LogP contribution in [0.5, 0.6) is 5.75 Å². The van der Waals surface area contributed by atoms with Crippen molar-refractivity contribution in [3.63, 3.8) is 0 Å². The third-order valence-corrected chi connectivity index (χ3v) is 5.48. The molecule has 4 rings (SSSR count). The van der Waals surface area contributed by atoms with Crippen LogP contribution >= 0.6 is 0 Å². The van der Waals surface area contributed by atoms with E-state index in [9.17, 15) is 14.0 Å². The fourth-order valence-electron chi connectivity index (χ4n) is 3.90. The van der Waals surface area contributed by atoms with Gasteiger partial charge in [0.1, 0.15) is 17.3 Å². The second-order valence-corrected chi connectivity index (χ2v) is 8.13. The Bertz CT molecular complexity index is 1010. The second-order valence-electron chi connectivity index (χ2n) is 8.13. The summed E-state index contributed by atoms with van der Waals surface area (Å²) < 4.78 is 19.2. The largest absolute Gasteiger partial charge is 0.491 e. The highest BCUT2D eigenvalue weighted by Crippen LogP contribution is 2.35. The van der Waals surface area contributed by atoms with Gasteiger partial charge in [-0.1, -0.05) is 12.1 Å². The van der Waals surface area contributed by atoms with Crippen molar-refractivity contribution in [2.24, 2.45) is 0 Å². The van der Waals surface area contributed by atoms with E-state index in [0.29, 0.717) is 41.4 Å². The number of rotatable bonds is 5. The zero-order chi connectivity index (χ0) is 22.1. The van der Waals surface area contributed by atoms with E-state index in [0.717, 1.165) is 13.1 Å². The lowest BCUT2D eigenvalue weighted by Crippen LogP contribution is -2.46. The maximum absolute atomic E-state index is 13.5. The molecule has 31 heavy (non-hydrogen) atoms. The van der Waals surface area contributed by atoms with Gasteiger partial charge in [0.2, 0.25) is 0 Å². The van der Waals surface area contributed by atoms with Gasteiger partial charge < -0.3 is 14.5 Å². The Kier molecular flexibility index (Phi) is 5.78. The summed E-state index contributed by atoms with van der Waals surface area (Å²) in [5.74, 6) is -0.474. The minimum Gasteiger partial charge on any atom is -0.491 e. The molecule has 162 valence electrons. The van der Waals surface area contributed by atoms with E-state index in [2.05, 4.69) is 4.90 Å². The molecular weight excluding hydrogens is 397 g/mol. The summed E-state index contributed by atoms with van der Waals surface area (Å²) in [5.41, 5.74) is 1.72. The van der Waals surface area contributed by atoms with Crippen molar-refractivity contribution in [3.05, 3.63) is 65.6 Å². The van der Waals surface area contributed by atoms with Crippen LogP contribution in [0, 0.1) is 5.82 Å². The third-order valence-electron chi connectivity index (χ3n) is 5.48. The van der Waals surface area contributed by atoms with Gasteiger partial charge in [-0.2, -0.15) is 0 Å². The lowest BCUT2D eigenvalue weighted by atomic mass is 10.0. The minimum atomic E-state index is -0.400. The average molecular weight is 423 g/mol. The zero-order valence-corrected chi connectivity index (χ0v) is 18.0. The number of likely N-dealkylation sites (N-methyl/N-ethyl adjacent to an activating group) is 1. The predicted molar refractivity (Wildman–Crippen MR) is 117 cm³/mol. The van der Waals surface area contributed by atoms with Crippen LogP contribution in [0.15, 0.2) is 54.2 Å². The number of anilines is 1. The van der Waals surface area contributed by atoms with Crippen LogP contribution in [0.3, 0.4) is 0 Å². The van der Waals surface area contributed by atoms with E-state index in [1.54, 1.807) is 36.4 Å². The summed E-state index contributed by atoms with van der Waals surface area (Å²) >= 11 is 0. The van der Waals surface area contributed by atoms with E-state index < -0.39 is 5.91 Å². The second kappa shape index (κ2) is 8.51. The number of nitrogens with zero attached hydrogens (tertiary/aromatic N) is 3. The van der Waals surface area contributed by atoms with Crippen LogP contribution in [0.1, 0.15) is 19.4 Å². The molecule has 2 aromatic rings. The summed E-state index contributed by atoms with van der Waals surface area (Å²) in [6.07, 6.45) is 0.0245. The Hall–Kier alpha value is -3.19. The summed E-state index contributed by atoms with van der Waals surface area (Å²) in [4.78, 5) is 32.3. The van der Waals surface area contributed by atoms with Gasteiger partial charge in [0.25, 0.3) is 11.8 Å². The molecule has 0 spiro atoms. The number of imide groups is 1. The van der Waals surface area contributed by atoms with Crippen LogP contribution in [0.2, 0.25) is 0 Å². The number of carbonyl (C=O) groups excluding carboxylic acids is 2. The SMILES string of the molecule is CC(C)Oc1ccc(N2C(=O)C(c3ccc(F)cc3)=C(N3CCN(C)CC3)C2=O)cc1. The quantitative estimate of drug-likeness (QED) is 0.692. The van der Waals surface area contributed by atoms with Crippen molar-refractivity contribution in [1.29, 1.82) is 0 Å². The van der Waals surface area contributed by atoms with Gasteiger partial charge in [-0.15, -0.1) is 0 Å². The smallest absolute Gasteiger partial charge is 0.282 e. The number of piperazine rings is 1. The van der Waals surface area contributed by atoms with Crippen LogP contribution in [-0.4, -0.2) is 60.9 Å². The summed E-state index contributed by atoms with van der Waals surface area (Å²) in [6.45, 7) is 6.74. The number of hydrogen-bond acceptors (Lipinski definition) is 5. The van der Waals surface area contributed by atoms with Crippen molar-refractivity contribution in [2.45, 2.75) is 20.0 Å². The molecule has 0 aliphatic carbocycles. The first-order valence-electron chi connectivity index (χ1n) is 10.4. The Balaban J connectivity index is 1.72. The first-order valence-corrected chi connectivity index (χ1v) is 10.4. The lowest BCUT2D eigenvalue weighted by Gasteiger charge is -2.34. The van der Waals surface area contributed by atoms with Crippen LogP contribution in [0.4, 0.5) is 10.1 Å². The number of hydrogen-bond donors (Lipinski definition) is 0. The molecule has 0 atom stereocenters. The number of benzene rings is 2. The van der Waals surface area contributed by atoms with Crippen LogP contribution in [0.25, 0.3) is 5.57 Å². The molecule has 2 aliphatic rings. The summed E-state index contributed by atoms with van der Waals surface area (Å²) in [5, 5.41) is 0. The Morgan fingerprint density at radius 1 is 0.871 bits per heavy atom. The summed E-state index contributed by atoms with van der Waals surface area (Å²) in [7, 11) is 2.03. The highest BCUT2D eigenvalue weighted by molar-refractivity contribution is 6.45. The molecular formula is C24H26FN3O3. The number of halogens is 1. The van der Waals surface area contributed by atoms with E-state index in [-0.39, 0.29) is 17.8 Å². The maximum Gasteiger partial charge on any atom is 0.282 e. The Morgan fingerprint density at radius 2 is 1.48 bits per heavy atom. The van der Waals surface area contributed by atoms with E-state index in [4.69, 9.17) is 4.74 Å². The Morgan fingerprint density at radius 3 is 2.06 bits per heavy atom. The van der Waals surface area contributed by atoms with Gasteiger partial charge in [-0.3, -0.25) is 9.59 Å². The van der Waals surface area contributed by atoms with Gasteiger partial charge in [-0.25, -0.2) is 9.29 Å². The zero-order valence-electron chi connectivity index (χ0n) is 18.0. The monoisotopic (exact) mass is 423 g/mol. The molecule has 2 aromatic carbocycles. The molecule has 2 amide bonds. The molecule has 2 heterocycles. The van der Waals surface area contributed by atoms with Crippen molar-refractivity contribution < 1.29 is 18.7 Å². The van der Waals surface area contributed by atoms with Crippen molar-refractivity contribution in [1.82, 2.24) is 9.80 Å². The number of ether oxygens (including phenoxy) is 1. The number of carbonyl (C=O) groups is 2. The molecule has 0 saturated carbocycles. The fraction of sp³-hybridized carbons (Fsp3) is 0.333. The molecule has 0 bridgehead atoms. The van der Waals surface area contributed by atoms with Crippen LogP contribution < -0.4 is 9.64 Å². The molecule has 7 heteroatoms. The van der Waals surface area contributed by atoms with E-state index in [1.807, 2.05) is 25.8 Å². The van der Waals surface area contributed by atoms with Gasteiger partial charge in [0, 0.05) is 26.2 Å². The molecule has 1 fully saturated rings. The van der Waals surface area contributed by atoms with Gasteiger partial charge >= 0.3 is 0 Å². The minimum absolute atomic E-state index is 0.0245. The molecule has 1 saturated heterocycles. The van der Waals surface area contributed by atoms with Gasteiger partial charge in [0.05, 0.1) is 17.4 Å². The highest BCUT2D eigenvalue weighted by Gasteiger charge is 2.42. The maximum atomic E-state index is 13.5. The predicted octanol–water partition coefficient (Wildman–Crippen LogP) is 3.14. The molecule has 0 unspecified atom stereocenters. The van der Waals surface area contributed by atoms with Gasteiger partial charge in [0.15, 0.2) is 0 Å². The molecule has 2 aliphatic heterocycles. The molecule has 0 N–H and O–H groups in total. The Labute approximate surface area is 181 Å². The van der Waals surface area contributed by atoms with Gasteiger partial charge in [-0.05, 0) is 62.9 Å². The molecule has 0 radical (unpaired) electrons. The summed E-state index contributed by atoms with van der Waals surface area (Å²) in [6, 6.07) is 12.6. The topological polar surface area (TPSA) is 53.1 Å². The van der Waals surface area contributed by atoms with Crippen LogP contribution in [-0.2, 0) is 9.59 Å². The highest BCUT2D eigenvalue weighted by atomic mass is 19.1. The third kappa shape index (κ3) is 4.18. The van der Waals surface area contributed by atoms with E-state index >= 15 is 0 Å². The molecule has 6 nitrogen and oxygen atoms in total. The van der Waals surface area contributed by atoms with E-state index in [1.165, 1.54) is 17.0 Å². The first kappa shape index (κ1) is 21.1. The first-order chi connectivity index (χ1) is 14.8. The fourth-order valence-corrected chi connectivity index (χ4v) is 3.90. The average Bonchev–Trinajstić information content (AvgIpc) is 3.00. The standard InChI is InChI=1S/C24H26FN3O3/c1-16(2)31-20-10-8-19(9-11-20)28-23(29)21(17-4-6-18(25)7-5-17)22(24(28)30)27-14-12-26(3)13-15-27/h4-11,16H,12-15H2,1-3H3. The lowest BCUT2D eigenvalue weighted by molar-refractivity contribution is -0.120. The molecule has 0 aromatic heterocycles. The van der Waals surface area contributed by atoms with Crippen molar-refractivity contribution >= 4 is 23.1 Å². The number of amides is 2. The van der Waals surface area contributed by atoms with Crippen molar-refractivity contribution in [2.75, 3.05) is 38.1 Å². The van der Waals surface area contributed by atoms with Crippen molar-refractivity contribution in [3.8, 4) is 5.75 Å². The normalized spacial score (nSPS) is 17.8.